The van der Waals surface area contributed by atoms with Crippen LogP contribution in [0.15, 0.2) is 18.2 Å². The molecular formula is C19H27N5O5. The number of rotatable bonds is 8. The highest BCUT2D eigenvalue weighted by Crippen LogP contribution is 2.25. The maximum atomic E-state index is 12.3. The fourth-order valence-electron chi connectivity index (χ4n) is 2.53. The molecule has 1 aliphatic heterocycles. The minimum atomic E-state index is -1.03. The molecule has 5 amide bonds. The molecule has 1 aromatic rings. The number of nitrogens with one attached hydrogen (secondary N) is 3. The number of urea groups is 1. The molecule has 1 heterocycles. The standard InChI is InChI=1S/C19H27N5O5/c1-6-19(3)17(27)24(18(28)21-19)22-15(25)10-20-13-8-7-12(2)9-14(13)29-11-16(26)23(4)5/h7-9,20H,6,10-11H2,1-5H3,(H,21,28)(H,22,25). The number of benzene rings is 1. The number of anilines is 1. The number of carbonyl (C=O) groups is 4. The Morgan fingerprint density at radius 3 is 2.55 bits per heavy atom. The van der Waals surface area contributed by atoms with Gasteiger partial charge in [0, 0.05) is 14.1 Å². The predicted octanol–water partition coefficient (Wildman–Crippen LogP) is 0.626. The summed E-state index contributed by atoms with van der Waals surface area (Å²) in [5.74, 6) is -0.876. The number of ether oxygens (including phenoxy) is 1. The SMILES string of the molecule is CCC1(C)NC(=O)N(NC(=O)CNc2ccc(C)cc2OCC(=O)N(C)C)C1=O. The molecule has 1 aliphatic rings. The largest absolute Gasteiger partial charge is 0.482 e. The monoisotopic (exact) mass is 405 g/mol. The number of nitrogens with zero attached hydrogens (tertiary/aromatic N) is 2. The van der Waals surface area contributed by atoms with Gasteiger partial charge in [0.1, 0.15) is 11.3 Å². The Hall–Kier alpha value is -3.30. The van der Waals surface area contributed by atoms with Crippen LogP contribution in [0.25, 0.3) is 0 Å². The highest BCUT2D eigenvalue weighted by Gasteiger charge is 2.47. The first-order chi connectivity index (χ1) is 13.6. The molecule has 1 aromatic carbocycles. The summed E-state index contributed by atoms with van der Waals surface area (Å²) in [6.45, 7) is 4.89. The highest BCUT2D eigenvalue weighted by atomic mass is 16.5. The van der Waals surface area contributed by atoms with Crippen molar-refractivity contribution in [3.05, 3.63) is 23.8 Å². The van der Waals surface area contributed by atoms with Gasteiger partial charge in [-0.15, -0.1) is 0 Å². The second kappa shape index (κ2) is 8.80. The summed E-state index contributed by atoms with van der Waals surface area (Å²) >= 11 is 0. The van der Waals surface area contributed by atoms with E-state index < -0.39 is 23.4 Å². The molecule has 1 fully saturated rings. The van der Waals surface area contributed by atoms with E-state index in [4.69, 9.17) is 4.74 Å². The Bertz CT molecular complexity index is 825. The van der Waals surface area contributed by atoms with E-state index in [-0.39, 0.29) is 19.1 Å². The summed E-state index contributed by atoms with van der Waals surface area (Å²) in [5, 5.41) is 6.15. The van der Waals surface area contributed by atoms with Gasteiger partial charge in [-0.2, -0.15) is 5.01 Å². The topological polar surface area (TPSA) is 120 Å². The average molecular weight is 405 g/mol. The third-order valence-corrected chi connectivity index (χ3v) is 4.63. The van der Waals surface area contributed by atoms with Crippen molar-refractivity contribution in [3.63, 3.8) is 0 Å². The minimum Gasteiger partial charge on any atom is -0.482 e. The van der Waals surface area contributed by atoms with Crippen LogP contribution in [0.4, 0.5) is 10.5 Å². The number of hydrogen-bond acceptors (Lipinski definition) is 6. The molecule has 0 saturated carbocycles. The zero-order valence-corrected chi connectivity index (χ0v) is 17.3. The number of hydrogen-bond donors (Lipinski definition) is 3. The summed E-state index contributed by atoms with van der Waals surface area (Å²) in [5.41, 5.74) is 2.70. The van der Waals surface area contributed by atoms with Gasteiger partial charge in [-0.05, 0) is 38.0 Å². The van der Waals surface area contributed by atoms with Crippen LogP contribution in [-0.2, 0) is 14.4 Å². The first-order valence-corrected chi connectivity index (χ1v) is 9.21. The van der Waals surface area contributed by atoms with E-state index in [1.807, 2.05) is 13.0 Å². The van der Waals surface area contributed by atoms with Crippen molar-refractivity contribution in [2.45, 2.75) is 32.7 Å². The van der Waals surface area contributed by atoms with Crippen LogP contribution in [0.5, 0.6) is 5.75 Å². The first kappa shape index (κ1) is 22.0. The van der Waals surface area contributed by atoms with E-state index in [0.717, 1.165) is 5.56 Å². The van der Waals surface area contributed by atoms with E-state index in [1.54, 1.807) is 40.1 Å². The van der Waals surface area contributed by atoms with E-state index >= 15 is 0 Å². The average Bonchev–Trinajstić information content (AvgIpc) is 2.88. The molecule has 0 aliphatic carbocycles. The molecule has 1 unspecified atom stereocenters. The van der Waals surface area contributed by atoms with Crippen molar-refractivity contribution in [3.8, 4) is 5.75 Å². The molecule has 158 valence electrons. The van der Waals surface area contributed by atoms with Gasteiger partial charge in [0.15, 0.2) is 6.61 Å². The molecule has 0 bridgehead atoms. The van der Waals surface area contributed by atoms with Crippen molar-refractivity contribution in [2.75, 3.05) is 32.6 Å². The lowest BCUT2D eigenvalue weighted by atomic mass is 10.00. The maximum absolute atomic E-state index is 12.3. The smallest absolute Gasteiger partial charge is 0.344 e. The molecule has 2 rings (SSSR count). The van der Waals surface area contributed by atoms with E-state index in [2.05, 4.69) is 16.1 Å². The molecule has 3 N–H and O–H groups in total. The fraction of sp³-hybridized carbons (Fsp3) is 0.474. The summed E-state index contributed by atoms with van der Waals surface area (Å²) < 4.78 is 5.57. The van der Waals surface area contributed by atoms with Crippen LogP contribution in [0.3, 0.4) is 0 Å². The van der Waals surface area contributed by atoms with Crippen LogP contribution >= 0.6 is 0 Å². The van der Waals surface area contributed by atoms with Gasteiger partial charge >= 0.3 is 6.03 Å². The third kappa shape index (κ3) is 5.15. The Balaban J connectivity index is 1.99. The number of aryl methyl sites for hydroxylation is 1. The van der Waals surface area contributed by atoms with Crippen molar-refractivity contribution < 1.29 is 23.9 Å². The van der Waals surface area contributed by atoms with Crippen molar-refractivity contribution >= 4 is 29.4 Å². The lowest BCUT2D eigenvalue weighted by molar-refractivity contribution is -0.138. The number of likely N-dealkylation sites (N-methyl/N-ethyl adjacent to an activating group) is 1. The lowest BCUT2D eigenvalue weighted by Crippen LogP contribution is -2.50. The molecule has 0 radical (unpaired) electrons. The zero-order chi connectivity index (χ0) is 21.8. The fourth-order valence-corrected chi connectivity index (χ4v) is 2.53. The summed E-state index contributed by atoms with van der Waals surface area (Å²) in [6.07, 6.45) is 0.401. The second-order valence-corrected chi connectivity index (χ2v) is 7.22. The Morgan fingerprint density at radius 2 is 1.97 bits per heavy atom. The number of amides is 5. The van der Waals surface area contributed by atoms with Crippen molar-refractivity contribution in [2.24, 2.45) is 0 Å². The minimum absolute atomic E-state index is 0.143. The van der Waals surface area contributed by atoms with Crippen LogP contribution in [0.1, 0.15) is 25.8 Å². The van der Waals surface area contributed by atoms with Crippen molar-refractivity contribution in [1.29, 1.82) is 0 Å². The van der Waals surface area contributed by atoms with Gasteiger partial charge in [-0.25, -0.2) is 4.79 Å². The number of hydrazine groups is 1. The molecule has 0 spiro atoms. The first-order valence-electron chi connectivity index (χ1n) is 9.21. The summed E-state index contributed by atoms with van der Waals surface area (Å²) in [6, 6.07) is 4.62. The number of imide groups is 1. The van der Waals surface area contributed by atoms with Gasteiger partial charge in [0.05, 0.1) is 12.2 Å². The third-order valence-electron chi connectivity index (χ3n) is 4.63. The van der Waals surface area contributed by atoms with E-state index in [1.165, 1.54) is 4.90 Å². The lowest BCUT2D eigenvalue weighted by Gasteiger charge is -2.19. The molecule has 1 saturated heterocycles. The van der Waals surface area contributed by atoms with Crippen LogP contribution in [0, 0.1) is 6.92 Å². The van der Waals surface area contributed by atoms with Gasteiger partial charge < -0.3 is 20.3 Å². The maximum Gasteiger partial charge on any atom is 0.344 e. The van der Waals surface area contributed by atoms with Crippen molar-refractivity contribution in [1.82, 2.24) is 20.7 Å². The summed E-state index contributed by atoms with van der Waals surface area (Å²) in [7, 11) is 3.26. The molecule has 29 heavy (non-hydrogen) atoms. The second-order valence-electron chi connectivity index (χ2n) is 7.22. The normalized spacial score (nSPS) is 18.3. The molecular weight excluding hydrogens is 378 g/mol. The Labute approximate surface area is 169 Å². The predicted molar refractivity (Wildman–Crippen MR) is 106 cm³/mol. The van der Waals surface area contributed by atoms with E-state index in [9.17, 15) is 19.2 Å². The highest BCUT2D eigenvalue weighted by molar-refractivity contribution is 6.07. The van der Waals surface area contributed by atoms with Gasteiger partial charge in [0.2, 0.25) is 0 Å². The zero-order valence-electron chi connectivity index (χ0n) is 17.3. The van der Waals surface area contributed by atoms with Gasteiger partial charge in [-0.1, -0.05) is 13.0 Å². The van der Waals surface area contributed by atoms with Crippen LogP contribution < -0.4 is 20.8 Å². The van der Waals surface area contributed by atoms with E-state index in [0.29, 0.717) is 22.9 Å². The molecule has 10 heteroatoms. The summed E-state index contributed by atoms with van der Waals surface area (Å²) in [4.78, 5) is 49.7. The molecule has 10 nitrogen and oxygen atoms in total. The Kier molecular flexibility index (Phi) is 6.68. The van der Waals surface area contributed by atoms with Crippen LogP contribution in [-0.4, -0.2) is 66.4 Å². The van der Waals surface area contributed by atoms with Gasteiger partial charge in [-0.3, -0.25) is 19.8 Å². The van der Waals surface area contributed by atoms with Crippen LogP contribution in [0.2, 0.25) is 0 Å². The molecule has 0 aromatic heterocycles. The molecule has 1 atom stereocenters. The Morgan fingerprint density at radius 1 is 1.28 bits per heavy atom. The number of carbonyl (C=O) groups excluding carboxylic acids is 4. The quantitative estimate of drug-likeness (QED) is 0.546. The van der Waals surface area contributed by atoms with Gasteiger partial charge in [0.25, 0.3) is 17.7 Å².